The third-order valence-electron chi connectivity index (χ3n) is 20.5. The van der Waals surface area contributed by atoms with Crippen LogP contribution in [0.2, 0.25) is 0 Å². The molecule has 0 spiro atoms. The Labute approximate surface area is 624 Å². The Hall–Kier alpha value is -3.79. The SMILES string of the molecule is CCCCCCCCCCCCC/C=C/[C@@H](O)[C@H](CO[C@@H]1O[C@H](CO)[C@@H](O[C@@H]2O[C@H](CO)[C@H](O)[C@H](O[C@]3(C(=O)O)C[C@H](O)[C@@H](NC(C)=O)C([C@H](O)[C@@H](CO)O[C@]4(C(=O)O)C[C@H](O)[C@@H](NC(C)=O)C([C@H](O)[C@H](O)CO)O4)O3)[C@H]2O)[C@H](O)C1O)NC(=O)CCCCCCCCCCCCCCCCCCCCC. The molecule has 32 heteroatoms. The second-order valence-electron chi connectivity index (χ2n) is 29.3. The van der Waals surface area contributed by atoms with E-state index in [1.807, 2.05) is 6.08 Å². The predicted octanol–water partition coefficient (Wildman–Crippen LogP) is 1.90. The zero-order valence-corrected chi connectivity index (χ0v) is 62.9. The highest BCUT2D eigenvalue weighted by Gasteiger charge is 2.62. The third-order valence-corrected chi connectivity index (χ3v) is 20.5. The van der Waals surface area contributed by atoms with Gasteiger partial charge in [0.1, 0.15) is 85.5 Å². The summed E-state index contributed by atoms with van der Waals surface area (Å²) in [6, 6.07) is -4.73. The first kappa shape index (κ1) is 94.6. The average Bonchev–Trinajstić information content (AvgIpc) is 0.766. The molecule has 4 heterocycles. The van der Waals surface area contributed by atoms with Crippen LogP contribution in [0.5, 0.6) is 0 Å². The fraction of sp³-hybridized carbons (Fsp3) is 0.905. The Balaban J connectivity index is 1.46. The van der Waals surface area contributed by atoms with Crippen molar-refractivity contribution < 1.29 is 144 Å². The molecule has 3 unspecified atom stereocenters. The fourth-order valence-corrected chi connectivity index (χ4v) is 14.2. The predicted molar refractivity (Wildman–Crippen MR) is 381 cm³/mol. The summed E-state index contributed by atoms with van der Waals surface area (Å²) in [5.74, 6) is -13.1. The van der Waals surface area contributed by atoms with Gasteiger partial charge in [0.15, 0.2) is 12.6 Å². The van der Waals surface area contributed by atoms with Crippen LogP contribution in [0.25, 0.3) is 0 Å². The van der Waals surface area contributed by atoms with Crippen molar-refractivity contribution in [3.05, 3.63) is 12.2 Å². The second-order valence-corrected chi connectivity index (χ2v) is 29.3. The molecule has 106 heavy (non-hydrogen) atoms. The minimum absolute atomic E-state index is 0.156. The first-order chi connectivity index (χ1) is 50.7. The van der Waals surface area contributed by atoms with E-state index >= 15 is 0 Å². The summed E-state index contributed by atoms with van der Waals surface area (Å²) in [5.41, 5.74) is 0. The van der Waals surface area contributed by atoms with Gasteiger partial charge in [-0.2, -0.15) is 0 Å². The van der Waals surface area contributed by atoms with Crippen LogP contribution >= 0.6 is 0 Å². The summed E-state index contributed by atoms with van der Waals surface area (Å²) >= 11 is 0. The summed E-state index contributed by atoms with van der Waals surface area (Å²) in [6.07, 6.45) is -2.84. The number of carbonyl (C=O) groups excluding carboxylic acids is 3. The van der Waals surface area contributed by atoms with Gasteiger partial charge in [0.05, 0.1) is 69.5 Å². The number of unbranched alkanes of at least 4 members (excludes halogenated alkanes) is 29. The number of aliphatic carboxylic acids is 2. The molecule has 3 amide bonds. The van der Waals surface area contributed by atoms with E-state index in [9.17, 15) is 106 Å². The van der Waals surface area contributed by atoms with Crippen LogP contribution < -0.4 is 16.0 Å². The van der Waals surface area contributed by atoms with Crippen molar-refractivity contribution in [1.82, 2.24) is 16.0 Å². The molecule has 0 aliphatic carbocycles. The lowest BCUT2D eigenvalue weighted by Gasteiger charge is -2.51. The van der Waals surface area contributed by atoms with Crippen molar-refractivity contribution in [2.24, 2.45) is 0 Å². The van der Waals surface area contributed by atoms with Crippen LogP contribution in [-0.2, 0) is 61.9 Å². The molecule has 0 saturated carbocycles. The number of carboxylic acids is 2. The van der Waals surface area contributed by atoms with Crippen LogP contribution in [0.3, 0.4) is 0 Å². The van der Waals surface area contributed by atoms with Gasteiger partial charge in [-0.25, -0.2) is 9.59 Å². The van der Waals surface area contributed by atoms with Crippen molar-refractivity contribution in [1.29, 1.82) is 0 Å². The molecule has 0 radical (unpaired) electrons. The highest BCUT2D eigenvalue weighted by molar-refractivity contribution is 5.78. The van der Waals surface area contributed by atoms with E-state index in [2.05, 4.69) is 29.8 Å². The topological polar surface area (TPSA) is 519 Å². The number of rotatable bonds is 56. The van der Waals surface area contributed by atoms with Crippen molar-refractivity contribution in [2.45, 2.75) is 392 Å². The van der Waals surface area contributed by atoms with Crippen LogP contribution in [0, 0.1) is 0 Å². The van der Waals surface area contributed by atoms with Gasteiger partial charge in [0.25, 0.3) is 11.6 Å². The number of ether oxygens (including phenoxy) is 8. The summed E-state index contributed by atoms with van der Waals surface area (Å²) < 4.78 is 46.5. The van der Waals surface area contributed by atoms with Crippen molar-refractivity contribution >= 4 is 29.7 Å². The first-order valence-corrected chi connectivity index (χ1v) is 39.2. The van der Waals surface area contributed by atoms with Gasteiger partial charge < -0.3 is 136 Å². The Kier molecular flexibility index (Phi) is 45.5. The summed E-state index contributed by atoms with van der Waals surface area (Å²) in [5, 5.41) is 185. The van der Waals surface area contributed by atoms with Crippen molar-refractivity contribution in [3.8, 4) is 0 Å². The number of aliphatic hydroxyl groups excluding tert-OH is 14. The smallest absolute Gasteiger partial charge is 0.364 e. The molecule has 0 aromatic rings. The van der Waals surface area contributed by atoms with Gasteiger partial charge in [-0.05, 0) is 19.3 Å². The van der Waals surface area contributed by atoms with E-state index in [1.54, 1.807) is 6.08 Å². The molecule has 4 fully saturated rings. The Bertz CT molecular complexity index is 2480. The van der Waals surface area contributed by atoms with E-state index in [0.717, 1.165) is 65.2 Å². The van der Waals surface area contributed by atoms with Crippen LogP contribution in [0.1, 0.15) is 246 Å². The molecule has 4 aliphatic rings. The lowest BCUT2D eigenvalue weighted by molar-refractivity contribution is -0.388. The normalized spacial score (nSPS) is 31.0. The number of amides is 3. The number of nitrogens with one attached hydrogen (secondary N) is 3. The molecular formula is C74H133N3O29. The molecule has 24 atom stereocenters. The van der Waals surface area contributed by atoms with Gasteiger partial charge in [-0.3, -0.25) is 14.4 Å². The minimum Gasteiger partial charge on any atom is -0.477 e. The molecule has 19 N–H and O–H groups in total. The maximum Gasteiger partial charge on any atom is 0.364 e. The third kappa shape index (κ3) is 30.7. The standard InChI is InChI=1S/C74H133N3O29/c1-5-7-9-11-13-15-17-19-20-21-22-23-24-26-28-30-32-34-36-38-56(88)77-48(49(84)37-35-33-31-29-27-25-18-16-14-12-10-8-6-2)45-99-69-63(93)62(92)65(55(44-81)101-69)102-70-64(94)68(60(90)53(42-79)100-70)106-74(72(97)98)40-51(86)58(76-47(4)83)67(105-74)61(91)54(43-80)103-73(71(95)96)39-50(85)57(75-46(3)82)66(104-73)59(89)52(87)41-78/h35,37,48-55,57-70,78-81,84-87,89-94H,5-34,36,38-45H2,1-4H3,(H,75,82)(H,76,83)(H,77,88)(H,95,96)(H,97,98)/b37-35+/t48-,49+,50-,51-,52+,53+,54+,55+,57+,58+,59+,60-,61+,62+,63?,64+,65+,66?,67?,68-,69+,70-,73+,74-/m0/s1. The van der Waals surface area contributed by atoms with Crippen LogP contribution in [0.15, 0.2) is 12.2 Å². The maximum atomic E-state index is 13.6. The molecule has 0 aromatic carbocycles. The van der Waals surface area contributed by atoms with Crippen molar-refractivity contribution in [2.75, 3.05) is 33.0 Å². The summed E-state index contributed by atoms with van der Waals surface area (Å²) in [6.45, 7) is 1.13. The number of aliphatic hydroxyl groups is 14. The molecule has 4 saturated heterocycles. The number of hydrogen-bond donors (Lipinski definition) is 19. The van der Waals surface area contributed by atoms with Crippen LogP contribution in [0.4, 0.5) is 0 Å². The van der Waals surface area contributed by atoms with E-state index in [1.165, 1.54) is 135 Å². The van der Waals surface area contributed by atoms with E-state index in [4.69, 9.17) is 37.9 Å². The summed E-state index contributed by atoms with van der Waals surface area (Å²) in [4.78, 5) is 65.0. The molecule has 4 rings (SSSR count). The number of carboxylic acid groups (broad SMARTS) is 2. The molecule has 618 valence electrons. The Morgan fingerprint density at radius 3 is 1.39 bits per heavy atom. The zero-order chi connectivity index (χ0) is 78.4. The lowest BCUT2D eigenvalue weighted by Crippen LogP contribution is -2.72. The van der Waals surface area contributed by atoms with Gasteiger partial charge in [-0.1, -0.05) is 206 Å². The number of allylic oxidation sites excluding steroid dienone is 1. The fourth-order valence-electron chi connectivity index (χ4n) is 14.2. The molecule has 0 bridgehead atoms. The quantitative estimate of drug-likeness (QED) is 0.0305. The molecular weight excluding hydrogens is 1390 g/mol. The van der Waals surface area contributed by atoms with Gasteiger partial charge in [0, 0.05) is 33.1 Å². The highest BCUT2D eigenvalue weighted by Crippen LogP contribution is 2.41. The van der Waals surface area contributed by atoms with Crippen LogP contribution in [-0.4, -0.2) is 290 Å². The monoisotopic (exact) mass is 1530 g/mol. The molecule has 0 aromatic heterocycles. The van der Waals surface area contributed by atoms with Gasteiger partial charge in [-0.15, -0.1) is 0 Å². The average molecular weight is 1530 g/mol. The summed E-state index contributed by atoms with van der Waals surface area (Å²) in [7, 11) is 0. The second kappa shape index (κ2) is 51.0. The largest absolute Gasteiger partial charge is 0.477 e. The van der Waals surface area contributed by atoms with Gasteiger partial charge in [0.2, 0.25) is 17.7 Å². The lowest BCUT2D eigenvalue weighted by atomic mass is 9.87. The Morgan fingerprint density at radius 1 is 0.509 bits per heavy atom. The van der Waals surface area contributed by atoms with E-state index in [-0.39, 0.29) is 12.3 Å². The zero-order valence-electron chi connectivity index (χ0n) is 62.9. The number of carbonyl (C=O) groups is 5. The first-order valence-electron chi connectivity index (χ1n) is 39.2. The van der Waals surface area contributed by atoms with Crippen molar-refractivity contribution in [3.63, 3.8) is 0 Å². The highest BCUT2D eigenvalue weighted by atomic mass is 16.8. The molecule has 4 aliphatic heterocycles. The Morgan fingerprint density at radius 2 is 0.943 bits per heavy atom. The van der Waals surface area contributed by atoms with E-state index in [0.29, 0.717) is 12.8 Å². The van der Waals surface area contributed by atoms with E-state index < -0.39 is 216 Å². The molecule has 32 nitrogen and oxygen atoms in total. The van der Waals surface area contributed by atoms with Gasteiger partial charge >= 0.3 is 11.9 Å². The number of hydrogen-bond acceptors (Lipinski definition) is 27. The minimum atomic E-state index is -3.39. The maximum absolute atomic E-state index is 13.6.